The van der Waals surface area contributed by atoms with E-state index in [-0.39, 0.29) is 10.1 Å². The zero-order chi connectivity index (χ0) is 13.2. The lowest BCUT2D eigenvalue weighted by Crippen LogP contribution is -2.43. The molecule has 0 aliphatic rings. The highest BCUT2D eigenvalue weighted by atomic mass is 32.2. The largest absolute Gasteiger partial charge is 0.480 e. The first kappa shape index (κ1) is 14.1. The SMILES string of the molecule is Cc1ncc(S(=O)(=O)NC(C(=O)O)C(C)C)s1. The van der Waals surface area contributed by atoms with Crippen LogP contribution in [0.1, 0.15) is 18.9 Å². The molecule has 6 nitrogen and oxygen atoms in total. The summed E-state index contributed by atoms with van der Waals surface area (Å²) in [7, 11) is -3.80. The molecule has 8 heteroatoms. The Morgan fingerprint density at radius 3 is 2.47 bits per heavy atom. The Hall–Kier alpha value is -0.990. The number of aryl methyl sites for hydroxylation is 1. The Kier molecular flexibility index (Phi) is 4.23. The highest BCUT2D eigenvalue weighted by Gasteiger charge is 2.28. The predicted octanol–water partition coefficient (Wildman–Crippen LogP) is 0.839. The van der Waals surface area contributed by atoms with E-state index in [1.165, 1.54) is 6.20 Å². The van der Waals surface area contributed by atoms with Gasteiger partial charge in [-0.2, -0.15) is 4.72 Å². The number of hydrogen-bond acceptors (Lipinski definition) is 5. The number of thiazole rings is 1. The first-order valence-corrected chi connectivity index (χ1v) is 7.21. The Balaban J connectivity index is 2.97. The van der Waals surface area contributed by atoms with Gasteiger partial charge in [0.15, 0.2) is 4.21 Å². The molecule has 0 saturated heterocycles. The smallest absolute Gasteiger partial charge is 0.322 e. The second kappa shape index (κ2) is 5.11. The van der Waals surface area contributed by atoms with Gasteiger partial charge in [-0.3, -0.25) is 4.79 Å². The van der Waals surface area contributed by atoms with Crippen LogP contribution < -0.4 is 4.72 Å². The van der Waals surface area contributed by atoms with Crippen LogP contribution in [0.25, 0.3) is 0 Å². The maximum Gasteiger partial charge on any atom is 0.322 e. The van der Waals surface area contributed by atoms with Crippen LogP contribution in [0.2, 0.25) is 0 Å². The lowest BCUT2D eigenvalue weighted by Gasteiger charge is -2.16. The van der Waals surface area contributed by atoms with Crippen LogP contribution in [-0.4, -0.2) is 30.5 Å². The van der Waals surface area contributed by atoms with E-state index in [1.807, 2.05) is 0 Å². The lowest BCUT2D eigenvalue weighted by atomic mass is 10.1. The minimum absolute atomic E-state index is 0.0295. The molecule has 1 unspecified atom stereocenters. The molecule has 0 spiro atoms. The Bertz CT molecular complexity index is 507. The zero-order valence-electron chi connectivity index (χ0n) is 9.67. The minimum atomic E-state index is -3.80. The Labute approximate surface area is 104 Å². The number of carboxylic acids is 1. The molecule has 1 heterocycles. The molecule has 0 aromatic carbocycles. The summed E-state index contributed by atoms with van der Waals surface area (Å²) in [6.07, 6.45) is 1.22. The third kappa shape index (κ3) is 3.48. The van der Waals surface area contributed by atoms with Crippen molar-refractivity contribution in [1.29, 1.82) is 0 Å². The van der Waals surface area contributed by atoms with Gasteiger partial charge in [0.1, 0.15) is 6.04 Å². The molecule has 0 radical (unpaired) electrons. The number of hydrogen-bond donors (Lipinski definition) is 2. The fourth-order valence-corrected chi connectivity index (χ4v) is 3.62. The van der Waals surface area contributed by atoms with Gasteiger partial charge in [0.25, 0.3) is 10.0 Å². The summed E-state index contributed by atoms with van der Waals surface area (Å²) in [5.41, 5.74) is 0. The van der Waals surface area contributed by atoms with Gasteiger partial charge in [0, 0.05) is 0 Å². The molecular weight excluding hydrogens is 264 g/mol. The van der Waals surface area contributed by atoms with Gasteiger partial charge in [-0.15, -0.1) is 11.3 Å². The van der Waals surface area contributed by atoms with Crippen LogP contribution in [0.3, 0.4) is 0 Å². The number of sulfonamides is 1. The molecular formula is C9H14N2O4S2. The fourth-order valence-electron chi connectivity index (χ4n) is 1.16. The van der Waals surface area contributed by atoms with Crippen molar-refractivity contribution in [1.82, 2.24) is 9.71 Å². The van der Waals surface area contributed by atoms with Crippen LogP contribution in [0, 0.1) is 12.8 Å². The maximum atomic E-state index is 11.9. The summed E-state index contributed by atoms with van der Waals surface area (Å²) in [6, 6.07) is -1.14. The second-order valence-corrected chi connectivity index (χ2v) is 7.06. The van der Waals surface area contributed by atoms with Crippen LogP contribution in [0.15, 0.2) is 10.4 Å². The summed E-state index contributed by atoms with van der Waals surface area (Å²) < 4.78 is 25.9. The van der Waals surface area contributed by atoms with Crippen molar-refractivity contribution in [3.63, 3.8) is 0 Å². The topological polar surface area (TPSA) is 96.4 Å². The molecule has 17 heavy (non-hydrogen) atoms. The van der Waals surface area contributed by atoms with Gasteiger partial charge in [-0.25, -0.2) is 13.4 Å². The monoisotopic (exact) mass is 278 g/mol. The van der Waals surface area contributed by atoms with E-state index < -0.39 is 22.0 Å². The summed E-state index contributed by atoms with van der Waals surface area (Å²) in [6.45, 7) is 4.96. The van der Waals surface area contributed by atoms with Crippen LogP contribution >= 0.6 is 11.3 Å². The number of aromatic nitrogens is 1. The Morgan fingerprint density at radius 2 is 2.12 bits per heavy atom. The van der Waals surface area contributed by atoms with Gasteiger partial charge >= 0.3 is 5.97 Å². The molecule has 1 aromatic heterocycles. The summed E-state index contributed by atoms with van der Waals surface area (Å²) >= 11 is 1.01. The number of carboxylic acid groups (broad SMARTS) is 1. The molecule has 96 valence electrons. The highest BCUT2D eigenvalue weighted by molar-refractivity contribution is 7.91. The van der Waals surface area contributed by atoms with E-state index in [4.69, 9.17) is 5.11 Å². The molecule has 0 bridgehead atoms. The van der Waals surface area contributed by atoms with E-state index in [2.05, 4.69) is 9.71 Å². The molecule has 0 aliphatic carbocycles. The third-order valence-electron chi connectivity index (χ3n) is 2.08. The molecule has 1 aromatic rings. The van der Waals surface area contributed by atoms with Gasteiger partial charge in [0.05, 0.1) is 11.2 Å². The van der Waals surface area contributed by atoms with Gasteiger partial charge in [-0.1, -0.05) is 13.8 Å². The third-order valence-corrected chi connectivity index (χ3v) is 4.89. The van der Waals surface area contributed by atoms with E-state index in [0.717, 1.165) is 11.3 Å². The van der Waals surface area contributed by atoms with Crippen LogP contribution in [-0.2, 0) is 14.8 Å². The number of nitrogens with zero attached hydrogens (tertiary/aromatic N) is 1. The van der Waals surface area contributed by atoms with Crippen molar-refractivity contribution >= 4 is 27.3 Å². The van der Waals surface area contributed by atoms with E-state index in [9.17, 15) is 13.2 Å². The lowest BCUT2D eigenvalue weighted by molar-refractivity contribution is -0.140. The normalized spacial score (nSPS) is 13.9. The van der Waals surface area contributed by atoms with Crippen molar-refractivity contribution in [2.75, 3.05) is 0 Å². The molecule has 0 amide bonds. The average Bonchev–Trinajstić information content (AvgIpc) is 2.61. The second-order valence-electron chi connectivity index (χ2n) is 3.88. The van der Waals surface area contributed by atoms with E-state index in [0.29, 0.717) is 5.01 Å². The van der Waals surface area contributed by atoms with E-state index in [1.54, 1.807) is 20.8 Å². The van der Waals surface area contributed by atoms with Crippen LogP contribution in [0.5, 0.6) is 0 Å². The average molecular weight is 278 g/mol. The zero-order valence-corrected chi connectivity index (χ0v) is 11.3. The first-order valence-electron chi connectivity index (χ1n) is 4.91. The van der Waals surface area contributed by atoms with Crippen molar-refractivity contribution in [2.24, 2.45) is 5.92 Å². The number of aliphatic carboxylic acids is 1. The standard InChI is InChI=1S/C9H14N2O4S2/c1-5(2)8(9(12)13)11-17(14,15)7-4-10-6(3)16-7/h4-5,8,11H,1-3H3,(H,12,13). The van der Waals surface area contributed by atoms with Crippen molar-refractivity contribution in [3.8, 4) is 0 Å². The van der Waals surface area contributed by atoms with Crippen molar-refractivity contribution < 1.29 is 18.3 Å². The molecule has 0 fully saturated rings. The molecule has 1 rings (SSSR count). The summed E-state index contributed by atoms with van der Waals surface area (Å²) in [5, 5.41) is 9.53. The number of rotatable bonds is 5. The van der Waals surface area contributed by atoms with Gasteiger partial charge in [-0.05, 0) is 12.8 Å². The molecule has 0 aliphatic heterocycles. The van der Waals surface area contributed by atoms with Crippen LogP contribution in [0.4, 0.5) is 0 Å². The minimum Gasteiger partial charge on any atom is -0.480 e. The number of carbonyl (C=O) groups is 1. The maximum absolute atomic E-state index is 11.9. The number of nitrogens with one attached hydrogen (secondary N) is 1. The summed E-state index contributed by atoms with van der Waals surface area (Å²) in [5.74, 6) is -1.53. The molecule has 0 saturated carbocycles. The quantitative estimate of drug-likeness (QED) is 0.832. The Morgan fingerprint density at radius 1 is 1.53 bits per heavy atom. The predicted molar refractivity (Wildman–Crippen MR) is 63.4 cm³/mol. The summed E-state index contributed by atoms with van der Waals surface area (Å²) in [4.78, 5) is 14.7. The van der Waals surface area contributed by atoms with Crippen molar-refractivity contribution in [2.45, 2.75) is 31.0 Å². The molecule has 1 atom stereocenters. The van der Waals surface area contributed by atoms with Gasteiger partial charge in [0.2, 0.25) is 0 Å². The van der Waals surface area contributed by atoms with Gasteiger partial charge < -0.3 is 5.11 Å². The van der Waals surface area contributed by atoms with E-state index >= 15 is 0 Å². The van der Waals surface area contributed by atoms with Crippen molar-refractivity contribution in [3.05, 3.63) is 11.2 Å². The molecule has 2 N–H and O–H groups in total. The fraction of sp³-hybridized carbons (Fsp3) is 0.556. The first-order chi connectivity index (χ1) is 7.74. The highest BCUT2D eigenvalue weighted by Crippen LogP contribution is 2.18.